The zero-order valence-corrected chi connectivity index (χ0v) is 10.4. The van der Waals surface area contributed by atoms with Gasteiger partial charge in [-0.15, -0.1) is 0 Å². The number of rotatable bonds is 5. The van der Waals surface area contributed by atoms with E-state index in [1.54, 1.807) is 24.3 Å². The average molecular weight is 245 g/mol. The van der Waals surface area contributed by atoms with Gasteiger partial charge in [0.15, 0.2) is 5.82 Å². The summed E-state index contributed by atoms with van der Waals surface area (Å²) in [5, 5.41) is 4.13. The van der Waals surface area contributed by atoms with E-state index in [9.17, 15) is 4.79 Å². The molecule has 0 aliphatic heterocycles. The highest BCUT2D eigenvalue weighted by Gasteiger charge is 2.07. The SMILES string of the molecule is CC(C)n1ncnc1COc1ccc(C=O)cc1. The van der Waals surface area contributed by atoms with Crippen molar-refractivity contribution in [1.29, 1.82) is 0 Å². The van der Waals surface area contributed by atoms with Gasteiger partial charge in [0.2, 0.25) is 0 Å². The molecule has 0 saturated heterocycles. The van der Waals surface area contributed by atoms with Gasteiger partial charge in [-0.1, -0.05) is 0 Å². The lowest BCUT2D eigenvalue weighted by Crippen LogP contribution is -2.10. The summed E-state index contributed by atoms with van der Waals surface area (Å²) in [6, 6.07) is 7.22. The molecule has 0 saturated carbocycles. The summed E-state index contributed by atoms with van der Waals surface area (Å²) in [4.78, 5) is 14.7. The maximum Gasteiger partial charge on any atom is 0.165 e. The highest BCUT2D eigenvalue weighted by atomic mass is 16.5. The molecule has 5 heteroatoms. The van der Waals surface area contributed by atoms with Gasteiger partial charge in [0.1, 0.15) is 25.0 Å². The monoisotopic (exact) mass is 245 g/mol. The van der Waals surface area contributed by atoms with Gasteiger partial charge in [-0.3, -0.25) is 4.79 Å². The van der Waals surface area contributed by atoms with E-state index < -0.39 is 0 Å². The van der Waals surface area contributed by atoms with E-state index in [0.29, 0.717) is 17.9 Å². The van der Waals surface area contributed by atoms with Crippen LogP contribution < -0.4 is 4.74 Å². The second-order valence-electron chi connectivity index (χ2n) is 4.19. The smallest absolute Gasteiger partial charge is 0.165 e. The normalized spacial score (nSPS) is 10.6. The van der Waals surface area contributed by atoms with Crippen molar-refractivity contribution in [1.82, 2.24) is 14.8 Å². The van der Waals surface area contributed by atoms with Gasteiger partial charge in [-0.05, 0) is 38.1 Å². The van der Waals surface area contributed by atoms with E-state index in [1.807, 2.05) is 18.5 Å². The number of benzene rings is 1. The molecular weight excluding hydrogens is 230 g/mol. The molecule has 1 heterocycles. The standard InChI is InChI=1S/C13H15N3O2/c1-10(2)16-13(14-9-15-16)8-18-12-5-3-11(7-17)4-6-12/h3-7,9-10H,8H2,1-2H3. The van der Waals surface area contributed by atoms with E-state index in [0.717, 1.165) is 12.1 Å². The molecule has 94 valence electrons. The van der Waals surface area contributed by atoms with Crippen LogP contribution in [0.1, 0.15) is 36.1 Å². The van der Waals surface area contributed by atoms with Gasteiger partial charge < -0.3 is 4.74 Å². The van der Waals surface area contributed by atoms with Gasteiger partial charge in [0, 0.05) is 11.6 Å². The number of hydrogen-bond acceptors (Lipinski definition) is 4. The molecule has 0 spiro atoms. The Hall–Kier alpha value is -2.17. The second kappa shape index (κ2) is 5.44. The molecule has 2 rings (SSSR count). The highest BCUT2D eigenvalue weighted by Crippen LogP contribution is 2.13. The zero-order valence-electron chi connectivity index (χ0n) is 10.4. The largest absolute Gasteiger partial charge is 0.486 e. The van der Waals surface area contributed by atoms with E-state index in [1.165, 1.54) is 6.33 Å². The Morgan fingerprint density at radius 3 is 2.67 bits per heavy atom. The van der Waals surface area contributed by atoms with Crippen molar-refractivity contribution in [3.63, 3.8) is 0 Å². The molecule has 18 heavy (non-hydrogen) atoms. The van der Waals surface area contributed by atoms with Gasteiger partial charge in [0.25, 0.3) is 0 Å². The maximum atomic E-state index is 10.5. The van der Waals surface area contributed by atoms with Crippen LogP contribution in [0.5, 0.6) is 5.75 Å². The molecule has 0 aliphatic carbocycles. The molecule has 0 bridgehead atoms. The molecule has 0 unspecified atom stereocenters. The van der Waals surface area contributed by atoms with E-state index in [-0.39, 0.29) is 6.04 Å². The molecule has 2 aromatic rings. The second-order valence-corrected chi connectivity index (χ2v) is 4.19. The summed E-state index contributed by atoms with van der Waals surface area (Å²) < 4.78 is 7.42. The van der Waals surface area contributed by atoms with Crippen molar-refractivity contribution in [3.8, 4) is 5.75 Å². The summed E-state index contributed by atoms with van der Waals surface area (Å²) in [5.74, 6) is 1.49. The summed E-state index contributed by atoms with van der Waals surface area (Å²) >= 11 is 0. The number of aromatic nitrogens is 3. The third kappa shape index (κ3) is 2.74. The van der Waals surface area contributed by atoms with Crippen LogP contribution in [-0.4, -0.2) is 21.1 Å². The van der Waals surface area contributed by atoms with Crippen LogP contribution in [0.15, 0.2) is 30.6 Å². The lowest BCUT2D eigenvalue weighted by atomic mass is 10.2. The first-order valence-electron chi connectivity index (χ1n) is 5.77. The Morgan fingerprint density at radius 1 is 1.33 bits per heavy atom. The maximum absolute atomic E-state index is 10.5. The Labute approximate surface area is 105 Å². The molecule has 1 aromatic heterocycles. The summed E-state index contributed by atoms with van der Waals surface area (Å²) in [6.07, 6.45) is 2.33. The fourth-order valence-electron chi connectivity index (χ4n) is 1.60. The quantitative estimate of drug-likeness (QED) is 0.758. The average Bonchev–Trinajstić information content (AvgIpc) is 2.85. The molecular formula is C13H15N3O2. The minimum Gasteiger partial charge on any atom is -0.486 e. The van der Waals surface area contributed by atoms with Crippen LogP contribution in [0.4, 0.5) is 0 Å². The molecule has 0 radical (unpaired) electrons. The van der Waals surface area contributed by atoms with Crippen LogP contribution in [-0.2, 0) is 6.61 Å². The van der Waals surface area contributed by atoms with Crippen LogP contribution >= 0.6 is 0 Å². The van der Waals surface area contributed by atoms with E-state index >= 15 is 0 Å². The minimum absolute atomic E-state index is 0.253. The lowest BCUT2D eigenvalue weighted by molar-refractivity contribution is 0.112. The van der Waals surface area contributed by atoms with Crippen LogP contribution in [0.3, 0.4) is 0 Å². The number of ether oxygens (including phenoxy) is 1. The number of nitrogens with zero attached hydrogens (tertiary/aromatic N) is 3. The Kier molecular flexibility index (Phi) is 3.72. The molecule has 5 nitrogen and oxygen atoms in total. The van der Waals surface area contributed by atoms with Gasteiger partial charge in [-0.2, -0.15) is 5.10 Å². The van der Waals surface area contributed by atoms with E-state index in [4.69, 9.17) is 4.74 Å². The van der Waals surface area contributed by atoms with Crippen molar-refractivity contribution in [2.75, 3.05) is 0 Å². The molecule has 0 aliphatic rings. The van der Waals surface area contributed by atoms with Gasteiger partial charge in [0.05, 0.1) is 0 Å². The fraction of sp³-hybridized carbons (Fsp3) is 0.308. The Morgan fingerprint density at radius 2 is 2.06 bits per heavy atom. The third-order valence-corrected chi connectivity index (χ3v) is 2.52. The minimum atomic E-state index is 0.253. The van der Waals surface area contributed by atoms with Crippen molar-refractivity contribution < 1.29 is 9.53 Å². The summed E-state index contributed by atoms with van der Waals surface area (Å²) in [6.45, 7) is 4.44. The molecule has 0 atom stereocenters. The highest BCUT2D eigenvalue weighted by molar-refractivity contribution is 5.74. The van der Waals surface area contributed by atoms with Crippen molar-refractivity contribution in [2.24, 2.45) is 0 Å². The van der Waals surface area contributed by atoms with Crippen LogP contribution in [0.2, 0.25) is 0 Å². The van der Waals surface area contributed by atoms with Crippen molar-refractivity contribution >= 4 is 6.29 Å². The third-order valence-electron chi connectivity index (χ3n) is 2.52. The van der Waals surface area contributed by atoms with Crippen LogP contribution in [0, 0.1) is 0 Å². The van der Waals surface area contributed by atoms with E-state index in [2.05, 4.69) is 10.1 Å². The number of carbonyl (C=O) groups excluding carboxylic acids is 1. The molecule has 0 amide bonds. The topological polar surface area (TPSA) is 57.0 Å². The summed E-state index contributed by atoms with van der Waals surface area (Å²) in [5.41, 5.74) is 0.632. The molecule has 0 N–H and O–H groups in total. The Balaban J connectivity index is 2.02. The number of hydrogen-bond donors (Lipinski definition) is 0. The van der Waals surface area contributed by atoms with Crippen molar-refractivity contribution in [3.05, 3.63) is 42.0 Å². The fourth-order valence-corrected chi connectivity index (χ4v) is 1.60. The molecule has 0 fully saturated rings. The van der Waals surface area contributed by atoms with Gasteiger partial charge >= 0.3 is 0 Å². The van der Waals surface area contributed by atoms with Crippen molar-refractivity contribution in [2.45, 2.75) is 26.5 Å². The lowest BCUT2D eigenvalue weighted by Gasteiger charge is -2.10. The molecule has 1 aromatic carbocycles. The predicted octanol–water partition coefficient (Wildman–Crippen LogP) is 2.25. The predicted molar refractivity (Wildman–Crippen MR) is 66.6 cm³/mol. The number of carbonyl (C=O) groups is 1. The van der Waals surface area contributed by atoms with Crippen LogP contribution in [0.25, 0.3) is 0 Å². The number of aldehydes is 1. The zero-order chi connectivity index (χ0) is 13.0. The first-order chi connectivity index (χ1) is 8.70. The first-order valence-corrected chi connectivity index (χ1v) is 5.77. The van der Waals surface area contributed by atoms with Gasteiger partial charge in [-0.25, -0.2) is 9.67 Å². The Bertz CT molecular complexity index is 517. The first kappa shape index (κ1) is 12.3. The summed E-state index contributed by atoms with van der Waals surface area (Å²) in [7, 11) is 0.